The number of carbonyl (C=O) groups is 3. The predicted octanol–water partition coefficient (Wildman–Crippen LogP) is 5.56. The summed E-state index contributed by atoms with van der Waals surface area (Å²) in [4.78, 5) is 56.4. The Labute approximate surface area is 275 Å². The van der Waals surface area contributed by atoms with E-state index in [0.717, 1.165) is 0 Å². The second-order valence-electron chi connectivity index (χ2n) is 15.0. The average Bonchev–Trinajstić information content (AvgIpc) is 3.01. The second kappa shape index (κ2) is 12.4. The number of hydrogen-bond donors (Lipinski definition) is 1. The molecule has 0 amide bonds. The highest BCUT2D eigenvalue weighted by molar-refractivity contribution is 5.75. The molecular formula is C36H47NO10. The van der Waals surface area contributed by atoms with Crippen molar-refractivity contribution in [3.63, 3.8) is 0 Å². The summed E-state index contributed by atoms with van der Waals surface area (Å²) in [6, 6.07) is 5.04. The lowest BCUT2D eigenvalue weighted by Crippen LogP contribution is -2.71. The molecule has 0 aromatic carbocycles. The Morgan fingerprint density at radius 1 is 1.06 bits per heavy atom. The number of nitrogens with zero attached hydrogens (tertiary/aromatic N) is 1. The summed E-state index contributed by atoms with van der Waals surface area (Å²) < 4.78 is 30.6. The van der Waals surface area contributed by atoms with Crippen molar-refractivity contribution in [2.45, 2.75) is 111 Å². The van der Waals surface area contributed by atoms with Crippen LogP contribution in [0.15, 0.2) is 39.8 Å². The molecule has 47 heavy (non-hydrogen) atoms. The Hall–Kier alpha value is -3.73. The molecule has 0 bridgehead atoms. The SMILES string of the molecule is CCC(=O)OCC1(C)[C@@H](OC(=O)CC)CC[C@]2(C)[C@H]3[C@@H](O)c4c(cc(-c5cccnc5)oc4=O)O[C@]3(C)[C@@H](OC(=O)C(C)(C)C)C[C@@H]12. The minimum absolute atomic E-state index is 0.0125. The molecule has 0 radical (unpaired) electrons. The van der Waals surface area contributed by atoms with Crippen LogP contribution in [0.1, 0.15) is 99.2 Å². The molecule has 1 N–H and O–H groups in total. The molecule has 2 aliphatic carbocycles. The Balaban J connectivity index is 1.68. The summed E-state index contributed by atoms with van der Waals surface area (Å²) in [6.07, 6.45) is 1.84. The van der Waals surface area contributed by atoms with Crippen LogP contribution in [0, 0.1) is 28.1 Å². The number of hydrogen-bond acceptors (Lipinski definition) is 11. The van der Waals surface area contributed by atoms with Crippen LogP contribution < -0.4 is 10.4 Å². The first-order chi connectivity index (χ1) is 22.0. The molecule has 5 rings (SSSR count). The number of carbonyl (C=O) groups excluding carboxylic acids is 3. The molecule has 0 saturated heterocycles. The molecule has 8 atom stereocenters. The smallest absolute Gasteiger partial charge is 0.345 e. The fraction of sp³-hybridized carbons (Fsp3) is 0.639. The Morgan fingerprint density at radius 2 is 1.77 bits per heavy atom. The highest BCUT2D eigenvalue weighted by Crippen LogP contribution is 2.67. The van der Waals surface area contributed by atoms with Crippen LogP contribution in [0.4, 0.5) is 0 Å². The van der Waals surface area contributed by atoms with Gasteiger partial charge in [0, 0.05) is 48.2 Å². The van der Waals surface area contributed by atoms with Gasteiger partial charge in [0.1, 0.15) is 41.5 Å². The van der Waals surface area contributed by atoms with Crippen LogP contribution in [0.25, 0.3) is 11.3 Å². The van der Waals surface area contributed by atoms with Gasteiger partial charge in [-0.1, -0.05) is 27.7 Å². The molecule has 11 heteroatoms. The lowest BCUT2D eigenvalue weighted by atomic mass is 9.42. The minimum atomic E-state index is -1.36. The van der Waals surface area contributed by atoms with E-state index in [1.54, 1.807) is 65.2 Å². The maximum Gasteiger partial charge on any atom is 0.345 e. The number of aliphatic hydroxyl groups excluding tert-OH is 1. The highest BCUT2D eigenvalue weighted by Gasteiger charge is 2.71. The van der Waals surface area contributed by atoms with E-state index in [2.05, 4.69) is 4.98 Å². The molecule has 2 saturated carbocycles. The summed E-state index contributed by atoms with van der Waals surface area (Å²) in [7, 11) is 0. The number of pyridine rings is 1. The molecule has 0 spiro atoms. The molecule has 256 valence electrons. The first-order valence-corrected chi connectivity index (χ1v) is 16.5. The molecule has 3 aliphatic rings. The summed E-state index contributed by atoms with van der Waals surface area (Å²) in [6.45, 7) is 14.4. The normalized spacial score (nSPS) is 32.9. The van der Waals surface area contributed by atoms with Crippen molar-refractivity contribution in [1.29, 1.82) is 0 Å². The van der Waals surface area contributed by atoms with Crippen molar-refractivity contribution in [2.75, 3.05) is 6.61 Å². The highest BCUT2D eigenvalue weighted by atomic mass is 16.6. The van der Waals surface area contributed by atoms with E-state index in [0.29, 0.717) is 18.4 Å². The van der Waals surface area contributed by atoms with Crippen LogP contribution in [-0.2, 0) is 28.6 Å². The summed E-state index contributed by atoms with van der Waals surface area (Å²) >= 11 is 0. The third-order valence-electron chi connectivity index (χ3n) is 10.8. The van der Waals surface area contributed by atoms with Gasteiger partial charge in [0.25, 0.3) is 0 Å². The largest absolute Gasteiger partial charge is 0.482 e. The maximum atomic E-state index is 13.6. The molecule has 11 nitrogen and oxygen atoms in total. The van der Waals surface area contributed by atoms with Crippen molar-refractivity contribution < 1.29 is 42.9 Å². The van der Waals surface area contributed by atoms with E-state index in [4.69, 9.17) is 23.4 Å². The van der Waals surface area contributed by atoms with Gasteiger partial charge in [0.05, 0.1) is 11.5 Å². The molecule has 3 heterocycles. The average molecular weight is 654 g/mol. The molecule has 1 aliphatic heterocycles. The first-order valence-electron chi connectivity index (χ1n) is 16.5. The Bertz CT molecular complexity index is 1580. The van der Waals surface area contributed by atoms with Crippen molar-refractivity contribution >= 4 is 17.9 Å². The van der Waals surface area contributed by atoms with E-state index in [9.17, 15) is 24.3 Å². The van der Waals surface area contributed by atoms with Gasteiger partial charge in [-0.3, -0.25) is 19.4 Å². The van der Waals surface area contributed by atoms with Gasteiger partial charge in [-0.25, -0.2) is 4.79 Å². The van der Waals surface area contributed by atoms with Crippen LogP contribution in [0.5, 0.6) is 5.75 Å². The zero-order chi connectivity index (χ0) is 34.5. The Morgan fingerprint density at radius 3 is 2.38 bits per heavy atom. The van der Waals surface area contributed by atoms with Crippen molar-refractivity contribution in [2.24, 2.45) is 28.1 Å². The van der Waals surface area contributed by atoms with E-state index < -0.39 is 69.6 Å². The number of fused-ring (bicyclic) bond motifs is 4. The lowest BCUT2D eigenvalue weighted by molar-refractivity contribution is -0.272. The van der Waals surface area contributed by atoms with Gasteiger partial charge in [-0.2, -0.15) is 0 Å². The molecular weight excluding hydrogens is 606 g/mol. The van der Waals surface area contributed by atoms with E-state index >= 15 is 0 Å². The predicted molar refractivity (Wildman–Crippen MR) is 170 cm³/mol. The summed E-state index contributed by atoms with van der Waals surface area (Å²) in [5, 5.41) is 12.3. The van der Waals surface area contributed by atoms with E-state index in [-0.39, 0.29) is 48.9 Å². The van der Waals surface area contributed by atoms with Crippen molar-refractivity contribution in [1.82, 2.24) is 4.98 Å². The number of aromatic nitrogens is 1. The number of rotatable bonds is 7. The van der Waals surface area contributed by atoms with Crippen LogP contribution in [0.3, 0.4) is 0 Å². The quantitative estimate of drug-likeness (QED) is 0.295. The third-order valence-corrected chi connectivity index (χ3v) is 10.8. The van der Waals surface area contributed by atoms with E-state index in [1.807, 2.05) is 20.8 Å². The zero-order valence-electron chi connectivity index (χ0n) is 28.6. The number of aliphatic hydroxyl groups is 1. The molecule has 1 unspecified atom stereocenters. The molecule has 2 aromatic heterocycles. The second-order valence-corrected chi connectivity index (χ2v) is 15.0. The van der Waals surface area contributed by atoms with Crippen LogP contribution >= 0.6 is 0 Å². The Kier molecular flexibility index (Phi) is 9.11. The molecule has 2 fully saturated rings. The van der Waals surface area contributed by atoms with E-state index in [1.165, 1.54) is 0 Å². The van der Waals surface area contributed by atoms with Gasteiger partial charge in [-0.05, 0) is 70.4 Å². The van der Waals surface area contributed by atoms with Gasteiger partial charge in [-0.15, -0.1) is 0 Å². The standard InChI is InChI=1S/C36H47NO10/c1-9-26(38)43-19-35(7)23-17-25(46-32(42)33(3,4)5)36(8)30(34(23,6)14-13-24(35)45-27(39)10-2)29(40)28-22(47-36)16-21(44-31(28)41)20-12-11-15-37-18-20/h11-12,15-16,18,23-25,29-30,40H,9-10,13-14,17,19H2,1-8H3/t23-,24+,25+,29+,30-,34+,35?,36-/m1/s1. The fourth-order valence-corrected chi connectivity index (χ4v) is 8.27. The van der Waals surface area contributed by atoms with Gasteiger partial charge < -0.3 is 28.5 Å². The zero-order valence-corrected chi connectivity index (χ0v) is 28.6. The fourth-order valence-electron chi connectivity index (χ4n) is 8.27. The summed E-state index contributed by atoms with van der Waals surface area (Å²) in [5.41, 5.74) is -4.01. The van der Waals surface area contributed by atoms with Gasteiger partial charge >= 0.3 is 23.5 Å². The van der Waals surface area contributed by atoms with Gasteiger partial charge in [0.2, 0.25) is 0 Å². The first kappa shape index (κ1) is 34.6. The number of esters is 3. The topological polar surface area (TPSA) is 151 Å². The maximum absolute atomic E-state index is 13.6. The van der Waals surface area contributed by atoms with Gasteiger partial charge in [0.15, 0.2) is 0 Å². The third kappa shape index (κ3) is 5.96. The lowest BCUT2D eigenvalue weighted by Gasteiger charge is -2.66. The summed E-state index contributed by atoms with van der Waals surface area (Å²) in [5.74, 6) is -2.02. The molecule has 2 aromatic rings. The van der Waals surface area contributed by atoms with Crippen molar-refractivity contribution in [3.8, 4) is 17.1 Å². The minimum Gasteiger partial charge on any atom is -0.482 e. The number of ether oxygens (including phenoxy) is 4. The van der Waals surface area contributed by atoms with Crippen LogP contribution in [0.2, 0.25) is 0 Å². The van der Waals surface area contributed by atoms with Crippen LogP contribution in [-0.4, -0.2) is 52.4 Å². The van der Waals surface area contributed by atoms with Crippen molar-refractivity contribution in [3.05, 3.63) is 46.6 Å². The monoisotopic (exact) mass is 653 g/mol.